The number of carbonyl (C=O) groups is 1. The van der Waals surface area contributed by atoms with Crippen LogP contribution >= 0.6 is 0 Å². The summed E-state index contributed by atoms with van der Waals surface area (Å²) in [6.45, 7) is 0.412. The summed E-state index contributed by atoms with van der Waals surface area (Å²) in [5.41, 5.74) is 6.16. The molecule has 8 nitrogen and oxygen atoms in total. The first-order chi connectivity index (χ1) is 16.0. The molecule has 2 aromatic carbocycles. The highest BCUT2D eigenvalue weighted by molar-refractivity contribution is 6.08. The molecule has 2 N–H and O–H groups in total. The fourth-order valence-electron chi connectivity index (χ4n) is 3.69. The zero-order valence-corrected chi connectivity index (χ0v) is 17.5. The molecule has 0 radical (unpaired) electrons. The molecule has 0 atom stereocenters. The summed E-state index contributed by atoms with van der Waals surface area (Å²) in [5.74, 6) is -0.602. The number of ether oxygens (including phenoxy) is 1. The summed E-state index contributed by atoms with van der Waals surface area (Å²) in [6.07, 6.45) is 5.27. The molecule has 166 valence electrons. The number of para-hydroxylation sites is 1. The van der Waals surface area contributed by atoms with Crippen molar-refractivity contribution in [3.05, 3.63) is 94.8 Å². The normalized spacial score (nSPS) is 17.1. The van der Waals surface area contributed by atoms with Crippen molar-refractivity contribution in [1.29, 1.82) is 0 Å². The first-order valence-corrected chi connectivity index (χ1v) is 10.4. The lowest BCUT2D eigenvalue weighted by molar-refractivity contribution is 0.129. The van der Waals surface area contributed by atoms with Crippen molar-refractivity contribution >= 4 is 23.2 Å². The van der Waals surface area contributed by atoms with Gasteiger partial charge in [0.25, 0.3) is 0 Å². The van der Waals surface area contributed by atoms with E-state index in [4.69, 9.17) is 10.5 Å². The van der Waals surface area contributed by atoms with Crippen molar-refractivity contribution in [2.24, 2.45) is 10.7 Å². The maximum absolute atomic E-state index is 15.1. The van der Waals surface area contributed by atoms with Crippen molar-refractivity contribution in [3.63, 3.8) is 0 Å². The Bertz CT molecular complexity index is 1350. The molecule has 1 aliphatic heterocycles. The molecule has 1 saturated heterocycles. The highest BCUT2D eigenvalue weighted by Crippen LogP contribution is 2.45. The molecular weight excluding hydrogens is 425 g/mol. The molecule has 2 heterocycles. The van der Waals surface area contributed by atoms with E-state index in [2.05, 4.69) is 10.1 Å². The number of rotatable bonds is 5. The number of hydrogen-bond donors (Lipinski definition) is 1. The van der Waals surface area contributed by atoms with E-state index in [0.717, 1.165) is 12.8 Å². The second-order valence-electron chi connectivity index (χ2n) is 7.94. The van der Waals surface area contributed by atoms with Gasteiger partial charge in [-0.25, -0.2) is 18.9 Å². The molecule has 1 aromatic heterocycles. The van der Waals surface area contributed by atoms with Gasteiger partial charge in [-0.3, -0.25) is 9.69 Å². The van der Waals surface area contributed by atoms with Crippen LogP contribution in [0.1, 0.15) is 18.5 Å². The zero-order chi connectivity index (χ0) is 23.0. The van der Waals surface area contributed by atoms with E-state index in [1.807, 2.05) is 18.2 Å². The van der Waals surface area contributed by atoms with Crippen molar-refractivity contribution in [2.45, 2.75) is 18.4 Å². The Morgan fingerprint density at radius 1 is 1.15 bits per heavy atom. The first kappa shape index (κ1) is 20.6. The average molecular weight is 445 g/mol. The minimum Gasteiger partial charge on any atom is -0.441 e. The summed E-state index contributed by atoms with van der Waals surface area (Å²) in [6, 6.07) is 14.7. The molecule has 2 fully saturated rings. The molecule has 1 amide bonds. The predicted octanol–water partition coefficient (Wildman–Crippen LogP) is 3.45. The van der Waals surface area contributed by atoms with Crippen molar-refractivity contribution in [2.75, 3.05) is 11.4 Å². The zero-order valence-electron chi connectivity index (χ0n) is 17.5. The maximum Gasteiger partial charge on any atom is 0.415 e. The van der Waals surface area contributed by atoms with Gasteiger partial charge in [-0.05, 0) is 55.4 Å². The van der Waals surface area contributed by atoms with Crippen molar-refractivity contribution in [1.82, 2.24) is 9.78 Å². The Morgan fingerprint density at radius 2 is 1.94 bits per heavy atom. The minimum absolute atomic E-state index is 0.0188. The minimum atomic E-state index is -0.602. The molecule has 0 bridgehead atoms. The van der Waals surface area contributed by atoms with Crippen LogP contribution in [0.5, 0.6) is 0 Å². The summed E-state index contributed by atoms with van der Waals surface area (Å²) < 4.78 is 21.7. The summed E-state index contributed by atoms with van der Waals surface area (Å²) in [4.78, 5) is 30.6. The number of benzene rings is 2. The van der Waals surface area contributed by atoms with Crippen LogP contribution in [0.25, 0.3) is 5.69 Å². The lowest BCUT2D eigenvalue weighted by atomic mass is 10.2. The fourth-order valence-corrected chi connectivity index (χ4v) is 3.69. The number of allylic oxidation sites excluding steroid dienone is 1. The van der Waals surface area contributed by atoms with Gasteiger partial charge in [0.2, 0.25) is 5.43 Å². The molecule has 3 aromatic rings. The topological polar surface area (TPSA) is 103 Å². The van der Waals surface area contributed by atoms with Gasteiger partial charge in [-0.15, -0.1) is 0 Å². The third-order valence-corrected chi connectivity index (χ3v) is 5.58. The smallest absolute Gasteiger partial charge is 0.415 e. The Kier molecular flexibility index (Phi) is 5.01. The standard InChI is InChI=1S/C24H20FN5O3/c25-18-14-17(29-15-24(10-11-24)33-23(29)32)6-7-20(18)30-13-9-21(31)22(28-30)19(8-12-26)27-16-4-2-1-3-5-16/h1-9,12-14H,10-11,15,26H2. The second kappa shape index (κ2) is 8.01. The van der Waals surface area contributed by atoms with Crippen LogP contribution in [0.3, 0.4) is 0 Å². The van der Waals surface area contributed by atoms with Crippen LogP contribution < -0.4 is 16.1 Å². The molecule has 33 heavy (non-hydrogen) atoms. The van der Waals surface area contributed by atoms with E-state index in [1.165, 1.54) is 46.3 Å². The molecule has 9 heteroatoms. The third kappa shape index (κ3) is 4.00. The highest BCUT2D eigenvalue weighted by atomic mass is 19.1. The van der Waals surface area contributed by atoms with Gasteiger partial charge in [0.15, 0.2) is 11.5 Å². The van der Waals surface area contributed by atoms with Gasteiger partial charge in [-0.1, -0.05) is 18.2 Å². The Hall–Kier alpha value is -4.27. The molecule has 1 saturated carbocycles. The Morgan fingerprint density at radius 3 is 2.61 bits per heavy atom. The summed E-state index contributed by atoms with van der Waals surface area (Å²) >= 11 is 0. The summed E-state index contributed by atoms with van der Waals surface area (Å²) in [5, 5.41) is 4.32. The number of hydrogen-bond acceptors (Lipinski definition) is 6. The van der Waals surface area contributed by atoms with E-state index in [1.54, 1.807) is 18.2 Å². The lowest BCUT2D eigenvalue weighted by Gasteiger charge is -2.15. The quantitative estimate of drug-likeness (QED) is 0.606. The number of nitrogens with zero attached hydrogens (tertiary/aromatic N) is 4. The Balaban J connectivity index is 1.50. The van der Waals surface area contributed by atoms with Gasteiger partial charge in [-0.2, -0.15) is 5.10 Å². The van der Waals surface area contributed by atoms with E-state index >= 15 is 4.39 Å². The highest BCUT2D eigenvalue weighted by Gasteiger charge is 2.54. The van der Waals surface area contributed by atoms with E-state index in [-0.39, 0.29) is 22.5 Å². The number of aliphatic imine (C=N–C) groups is 1. The van der Waals surface area contributed by atoms with Crippen LogP contribution in [0.4, 0.5) is 20.6 Å². The molecule has 0 unspecified atom stereocenters. The maximum atomic E-state index is 15.1. The second-order valence-corrected chi connectivity index (χ2v) is 7.94. The Labute approximate surface area is 188 Å². The number of aromatic nitrogens is 2. The first-order valence-electron chi connectivity index (χ1n) is 10.4. The third-order valence-electron chi connectivity index (χ3n) is 5.58. The SMILES string of the molecule is NC=CC(=Nc1ccccc1)c1nn(-c2ccc(N3CC4(CC4)OC3=O)cc2F)ccc1=O. The number of halogens is 1. The lowest BCUT2D eigenvalue weighted by Crippen LogP contribution is -2.25. The molecule has 1 spiro atoms. The van der Waals surface area contributed by atoms with Crippen LogP contribution in [-0.4, -0.2) is 33.7 Å². The van der Waals surface area contributed by atoms with Gasteiger partial charge in [0, 0.05) is 12.3 Å². The predicted molar refractivity (Wildman–Crippen MR) is 122 cm³/mol. The van der Waals surface area contributed by atoms with Gasteiger partial charge in [0.1, 0.15) is 11.3 Å². The van der Waals surface area contributed by atoms with Gasteiger partial charge >= 0.3 is 6.09 Å². The number of anilines is 1. The van der Waals surface area contributed by atoms with Gasteiger partial charge in [0.05, 0.1) is 23.6 Å². The summed E-state index contributed by atoms with van der Waals surface area (Å²) in [7, 11) is 0. The van der Waals surface area contributed by atoms with Crippen LogP contribution in [0, 0.1) is 5.82 Å². The molecule has 5 rings (SSSR count). The van der Waals surface area contributed by atoms with E-state index in [9.17, 15) is 9.59 Å². The molecule has 2 aliphatic rings. The largest absolute Gasteiger partial charge is 0.441 e. The molecular formula is C24H20FN5O3. The van der Waals surface area contributed by atoms with Crippen molar-refractivity contribution in [3.8, 4) is 5.69 Å². The van der Waals surface area contributed by atoms with Gasteiger partial charge < -0.3 is 10.5 Å². The van der Waals surface area contributed by atoms with Crippen LogP contribution in [0.15, 0.2) is 82.9 Å². The molecule has 1 aliphatic carbocycles. The van der Waals surface area contributed by atoms with Crippen LogP contribution in [0.2, 0.25) is 0 Å². The number of amides is 1. The average Bonchev–Trinajstić information content (AvgIpc) is 3.48. The number of carbonyl (C=O) groups excluding carboxylic acids is 1. The van der Waals surface area contributed by atoms with E-state index in [0.29, 0.717) is 17.9 Å². The van der Waals surface area contributed by atoms with Crippen LogP contribution in [-0.2, 0) is 4.74 Å². The number of nitrogens with two attached hydrogens (primary N) is 1. The fraction of sp³-hybridized carbons (Fsp3) is 0.167. The van der Waals surface area contributed by atoms with E-state index < -0.39 is 17.5 Å². The van der Waals surface area contributed by atoms with Crippen molar-refractivity contribution < 1.29 is 13.9 Å². The monoisotopic (exact) mass is 445 g/mol.